The van der Waals surface area contributed by atoms with E-state index in [1.54, 1.807) is 12.1 Å². The summed E-state index contributed by atoms with van der Waals surface area (Å²) in [4.78, 5) is 0.164. The van der Waals surface area contributed by atoms with Gasteiger partial charge < -0.3 is 0 Å². The highest BCUT2D eigenvalue weighted by atomic mass is 32.2. The van der Waals surface area contributed by atoms with E-state index in [1.165, 1.54) is 12.1 Å². The van der Waals surface area contributed by atoms with Crippen LogP contribution in [0.2, 0.25) is 0 Å². The maximum absolute atomic E-state index is 12.1. The molecule has 0 aromatic heterocycles. The van der Waals surface area contributed by atoms with Crippen LogP contribution in [-0.4, -0.2) is 11.2 Å². The molecule has 0 unspecified atom stereocenters. The molecule has 0 amide bonds. The first-order chi connectivity index (χ1) is 8.28. The molecule has 1 rings (SSSR count). The lowest BCUT2D eigenvalue weighted by Gasteiger charge is -2.08. The zero-order chi connectivity index (χ0) is 13.8. The topological polar surface area (TPSA) is 24.4 Å². The van der Waals surface area contributed by atoms with Gasteiger partial charge in [0.15, 0.2) is 0 Å². The molecule has 0 spiro atoms. The van der Waals surface area contributed by atoms with Crippen molar-refractivity contribution in [2.24, 2.45) is 11.0 Å². The van der Waals surface area contributed by atoms with Crippen LogP contribution in [0, 0.1) is 5.92 Å². The second kappa shape index (κ2) is 6.13. The van der Waals surface area contributed by atoms with Crippen molar-refractivity contribution in [3.8, 4) is 0 Å². The fourth-order valence-electron chi connectivity index (χ4n) is 1.01. The van der Waals surface area contributed by atoms with Crippen LogP contribution in [-0.2, 0) is 0 Å². The van der Waals surface area contributed by atoms with Gasteiger partial charge in [0.2, 0.25) is 0 Å². The normalized spacial score (nSPS) is 12.9. The summed E-state index contributed by atoms with van der Waals surface area (Å²) in [7, 11) is 0. The van der Waals surface area contributed by atoms with Gasteiger partial charge in [0.1, 0.15) is 0 Å². The van der Waals surface area contributed by atoms with Crippen molar-refractivity contribution in [3.63, 3.8) is 0 Å². The van der Waals surface area contributed by atoms with Gasteiger partial charge in [-0.3, -0.25) is 5.43 Å². The van der Waals surface area contributed by atoms with Crippen LogP contribution in [0.3, 0.4) is 0 Å². The molecule has 0 saturated heterocycles. The Bertz CT molecular complexity index is 410. The van der Waals surface area contributed by atoms with Gasteiger partial charge in [0, 0.05) is 10.6 Å². The number of halogens is 3. The second-order valence-corrected chi connectivity index (χ2v) is 5.23. The van der Waals surface area contributed by atoms with E-state index < -0.39 is 5.51 Å². The molecule has 100 valence electrons. The number of hydrogen-bond donors (Lipinski definition) is 1. The predicted molar refractivity (Wildman–Crippen MR) is 69.9 cm³/mol. The van der Waals surface area contributed by atoms with E-state index in [0.717, 1.165) is 5.71 Å². The van der Waals surface area contributed by atoms with Gasteiger partial charge in [-0.2, -0.15) is 18.3 Å². The minimum atomic E-state index is -4.25. The molecular formula is C12H15F3N2S. The maximum atomic E-state index is 12.1. The number of nitrogens with zero attached hydrogens (tertiary/aromatic N) is 1. The smallest absolute Gasteiger partial charge is 0.279 e. The van der Waals surface area contributed by atoms with Crippen LogP contribution < -0.4 is 5.43 Å². The van der Waals surface area contributed by atoms with Crippen LogP contribution in [0.25, 0.3) is 0 Å². The van der Waals surface area contributed by atoms with Crippen molar-refractivity contribution in [1.82, 2.24) is 0 Å². The lowest BCUT2D eigenvalue weighted by Crippen LogP contribution is -2.05. The number of rotatable bonds is 4. The van der Waals surface area contributed by atoms with Crippen molar-refractivity contribution in [1.29, 1.82) is 0 Å². The van der Waals surface area contributed by atoms with Gasteiger partial charge in [-0.1, -0.05) is 13.8 Å². The average molecular weight is 276 g/mol. The molecule has 1 N–H and O–H groups in total. The Morgan fingerprint density at radius 3 is 2.22 bits per heavy atom. The summed E-state index contributed by atoms with van der Waals surface area (Å²) < 4.78 is 36.3. The van der Waals surface area contributed by atoms with E-state index >= 15 is 0 Å². The molecule has 0 aliphatic rings. The Kier molecular flexibility index (Phi) is 5.07. The van der Waals surface area contributed by atoms with Crippen LogP contribution in [0.4, 0.5) is 18.9 Å². The highest BCUT2D eigenvalue weighted by Gasteiger charge is 2.28. The number of thioether (sulfide) groups is 1. The molecule has 0 aliphatic heterocycles. The molecule has 18 heavy (non-hydrogen) atoms. The van der Waals surface area contributed by atoms with E-state index in [2.05, 4.69) is 10.5 Å². The fourth-order valence-corrected chi connectivity index (χ4v) is 1.55. The largest absolute Gasteiger partial charge is 0.446 e. The number of benzene rings is 1. The monoisotopic (exact) mass is 276 g/mol. The zero-order valence-electron chi connectivity index (χ0n) is 10.4. The molecule has 0 atom stereocenters. The number of alkyl halides is 3. The molecule has 0 bridgehead atoms. The average Bonchev–Trinajstić information content (AvgIpc) is 2.25. The molecule has 1 aromatic rings. The number of hydrazone groups is 1. The molecule has 2 nitrogen and oxygen atoms in total. The first-order valence-corrected chi connectivity index (χ1v) is 6.25. The quantitative estimate of drug-likeness (QED) is 0.488. The lowest BCUT2D eigenvalue weighted by atomic mass is 10.1. The van der Waals surface area contributed by atoms with Crippen LogP contribution in [0.15, 0.2) is 34.3 Å². The minimum absolute atomic E-state index is 0.125. The third-order valence-corrected chi connectivity index (χ3v) is 3.02. The van der Waals surface area contributed by atoms with Gasteiger partial charge in [-0.15, -0.1) is 0 Å². The Morgan fingerprint density at radius 1 is 1.22 bits per heavy atom. The third-order valence-electron chi connectivity index (χ3n) is 2.28. The Labute approximate surface area is 109 Å². The first kappa shape index (κ1) is 14.9. The number of hydrogen-bond acceptors (Lipinski definition) is 3. The number of anilines is 1. The second-order valence-electron chi connectivity index (χ2n) is 4.09. The van der Waals surface area contributed by atoms with E-state index in [1.807, 2.05) is 20.8 Å². The number of nitrogens with one attached hydrogen (secondary N) is 1. The summed E-state index contributed by atoms with van der Waals surface area (Å²) in [6.07, 6.45) is 0. The molecule has 0 fully saturated rings. The molecule has 0 aliphatic carbocycles. The van der Waals surface area contributed by atoms with Crippen molar-refractivity contribution < 1.29 is 13.2 Å². The van der Waals surface area contributed by atoms with Crippen LogP contribution in [0.1, 0.15) is 20.8 Å². The summed E-state index contributed by atoms with van der Waals surface area (Å²) in [6.45, 7) is 5.93. The van der Waals surface area contributed by atoms with Gasteiger partial charge in [-0.25, -0.2) is 0 Å². The van der Waals surface area contributed by atoms with Crippen molar-refractivity contribution >= 4 is 23.2 Å². The molecule has 1 aromatic carbocycles. The van der Waals surface area contributed by atoms with Crippen molar-refractivity contribution in [2.75, 3.05) is 5.43 Å². The van der Waals surface area contributed by atoms with Gasteiger partial charge in [0.05, 0.1) is 5.69 Å². The van der Waals surface area contributed by atoms with E-state index in [0.29, 0.717) is 11.6 Å². The molecule has 6 heteroatoms. The molecular weight excluding hydrogens is 261 g/mol. The zero-order valence-corrected chi connectivity index (χ0v) is 11.2. The SMILES string of the molecule is C/C(=N\Nc1ccc(SC(F)(F)F)cc1)C(C)C. The van der Waals surface area contributed by atoms with Crippen LogP contribution >= 0.6 is 11.8 Å². The van der Waals surface area contributed by atoms with E-state index in [9.17, 15) is 13.2 Å². The summed E-state index contributed by atoms with van der Waals surface area (Å²) in [5.41, 5.74) is 0.167. The highest BCUT2D eigenvalue weighted by Crippen LogP contribution is 2.36. The molecule has 0 heterocycles. The summed E-state index contributed by atoms with van der Waals surface area (Å²) in [5.74, 6) is 0.331. The minimum Gasteiger partial charge on any atom is -0.279 e. The van der Waals surface area contributed by atoms with Crippen molar-refractivity contribution in [2.45, 2.75) is 31.2 Å². The maximum Gasteiger partial charge on any atom is 0.446 e. The van der Waals surface area contributed by atoms with Gasteiger partial charge in [0.25, 0.3) is 0 Å². The van der Waals surface area contributed by atoms with Gasteiger partial charge in [-0.05, 0) is 48.9 Å². The van der Waals surface area contributed by atoms with E-state index in [-0.39, 0.29) is 16.7 Å². The Morgan fingerprint density at radius 2 is 1.78 bits per heavy atom. The standard InChI is InChI=1S/C12H15F3N2S/c1-8(2)9(3)16-17-10-4-6-11(7-5-10)18-12(13,14)15/h4-8,17H,1-3H3/b16-9+. The predicted octanol–water partition coefficient (Wildman–Crippen LogP) is 4.74. The summed E-state index contributed by atoms with van der Waals surface area (Å²) in [6, 6.07) is 5.98. The third kappa shape index (κ3) is 5.44. The van der Waals surface area contributed by atoms with E-state index in [4.69, 9.17) is 0 Å². The van der Waals surface area contributed by atoms with Crippen molar-refractivity contribution in [3.05, 3.63) is 24.3 Å². The molecule has 0 saturated carbocycles. The lowest BCUT2D eigenvalue weighted by molar-refractivity contribution is -0.0328. The fraction of sp³-hybridized carbons (Fsp3) is 0.417. The van der Waals surface area contributed by atoms with Gasteiger partial charge >= 0.3 is 5.51 Å². The summed E-state index contributed by atoms with van der Waals surface area (Å²) >= 11 is -0.125. The highest BCUT2D eigenvalue weighted by molar-refractivity contribution is 8.00. The first-order valence-electron chi connectivity index (χ1n) is 5.44. The Balaban J connectivity index is 2.64. The Hall–Kier alpha value is -1.17. The summed E-state index contributed by atoms with van der Waals surface area (Å²) in [5, 5.41) is 4.14. The van der Waals surface area contributed by atoms with Crippen LogP contribution in [0.5, 0.6) is 0 Å². The molecule has 0 radical (unpaired) electrons.